The molecule has 8 nitrogen and oxygen atoms in total. The smallest absolute Gasteiger partial charge is 0.252 e. The number of primary amides is 1. The van der Waals surface area contributed by atoms with Gasteiger partial charge in [-0.1, -0.05) is 12.1 Å². The van der Waals surface area contributed by atoms with E-state index in [1.165, 1.54) is 27.4 Å². The number of methoxy groups -OCH3 is 3. The molecule has 0 spiro atoms. The van der Waals surface area contributed by atoms with Crippen LogP contribution in [0, 0.1) is 0 Å². The van der Waals surface area contributed by atoms with Crippen molar-refractivity contribution in [2.45, 2.75) is 11.3 Å². The third-order valence-corrected chi connectivity index (χ3v) is 4.90. The van der Waals surface area contributed by atoms with E-state index in [0.29, 0.717) is 27.7 Å². The van der Waals surface area contributed by atoms with Crippen LogP contribution < -0.4 is 25.3 Å². The standard InChI is InChI=1S/C20H22N2O6S/c1-26-14-11-16(28-3)15(27-2)10-13(14)20(25)29-17-7-5-4-6-12(17)19(24)22-9-8-18(21)23/h4-7,10-11H,8-9H2,1-3H3,(H2,21,23)(H,22,24). The average molecular weight is 418 g/mol. The van der Waals surface area contributed by atoms with Gasteiger partial charge in [-0.3, -0.25) is 14.4 Å². The second kappa shape index (κ2) is 10.4. The van der Waals surface area contributed by atoms with Crippen LogP contribution >= 0.6 is 11.8 Å². The number of rotatable bonds is 9. The third kappa shape index (κ3) is 5.64. The molecule has 0 aromatic heterocycles. The highest BCUT2D eigenvalue weighted by atomic mass is 32.2. The summed E-state index contributed by atoms with van der Waals surface area (Å²) in [6, 6.07) is 9.77. The third-order valence-electron chi connectivity index (χ3n) is 3.92. The maximum Gasteiger partial charge on any atom is 0.252 e. The maximum atomic E-state index is 12.9. The Balaban J connectivity index is 2.28. The second-order valence-electron chi connectivity index (χ2n) is 5.77. The lowest BCUT2D eigenvalue weighted by molar-refractivity contribution is -0.117. The zero-order valence-electron chi connectivity index (χ0n) is 16.3. The quantitative estimate of drug-likeness (QED) is 0.600. The van der Waals surface area contributed by atoms with Crippen molar-refractivity contribution in [3.8, 4) is 17.2 Å². The molecular weight excluding hydrogens is 396 g/mol. The Hall–Kier alpha value is -3.20. The molecule has 3 N–H and O–H groups in total. The molecule has 29 heavy (non-hydrogen) atoms. The summed E-state index contributed by atoms with van der Waals surface area (Å²) >= 11 is 0.886. The van der Waals surface area contributed by atoms with Gasteiger partial charge in [-0.2, -0.15) is 0 Å². The first-order chi connectivity index (χ1) is 13.9. The van der Waals surface area contributed by atoms with Crippen molar-refractivity contribution in [1.82, 2.24) is 5.32 Å². The average Bonchev–Trinajstić information content (AvgIpc) is 2.72. The number of hydrogen-bond donors (Lipinski definition) is 2. The first-order valence-corrected chi connectivity index (χ1v) is 9.40. The predicted molar refractivity (Wildman–Crippen MR) is 109 cm³/mol. The fourth-order valence-corrected chi connectivity index (χ4v) is 3.37. The van der Waals surface area contributed by atoms with Crippen molar-refractivity contribution in [2.24, 2.45) is 5.73 Å². The minimum absolute atomic E-state index is 0.0306. The van der Waals surface area contributed by atoms with Crippen molar-refractivity contribution in [3.05, 3.63) is 47.5 Å². The van der Waals surface area contributed by atoms with Crippen molar-refractivity contribution >= 4 is 28.7 Å². The molecule has 0 bridgehead atoms. The van der Waals surface area contributed by atoms with Crippen LogP contribution in [0.5, 0.6) is 17.2 Å². The molecular formula is C20H22N2O6S. The molecule has 0 aliphatic heterocycles. The maximum absolute atomic E-state index is 12.9. The Morgan fingerprint density at radius 2 is 1.55 bits per heavy atom. The van der Waals surface area contributed by atoms with E-state index in [9.17, 15) is 14.4 Å². The van der Waals surface area contributed by atoms with Crippen molar-refractivity contribution < 1.29 is 28.6 Å². The number of thioether (sulfide) groups is 1. The molecule has 154 valence electrons. The monoisotopic (exact) mass is 418 g/mol. The van der Waals surface area contributed by atoms with Crippen LogP contribution in [0.2, 0.25) is 0 Å². The number of carbonyl (C=O) groups is 3. The number of hydrogen-bond acceptors (Lipinski definition) is 7. The molecule has 0 aliphatic carbocycles. The highest BCUT2D eigenvalue weighted by Gasteiger charge is 2.21. The zero-order valence-corrected chi connectivity index (χ0v) is 17.1. The minimum atomic E-state index is -0.510. The van der Waals surface area contributed by atoms with E-state index in [0.717, 1.165) is 11.8 Å². The summed E-state index contributed by atoms with van der Waals surface area (Å²) < 4.78 is 15.8. The molecule has 2 aromatic carbocycles. The van der Waals surface area contributed by atoms with Crippen LogP contribution in [-0.4, -0.2) is 44.8 Å². The molecule has 0 fully saturated rings. The summed E-state index contributed by atoms with van der Waals surface area (Å²) in [5.41, 5.74) is 5.67. The Bertz CT molecular complexity index is 916. The fraction of sp³-hybridized carbons (Fsp3) is 0.250. The van der Waals surface area contributed by atoms with Crippen LogP contribution in [0.1, 0.15) is 27.1 Å². The van der Waals surface area contributed by atoms with Gasteiger partial charge < -0.3 is 25.3 Å². The van der Waals surface area contributed by atoms with E-state index in [2.05, 4.69) is 5.32 Å². The van der Waals surface area contributed by atoms with Gasteiger partial charge in [-0.15, -0.1) is 0 Å². The van der Waals surface area contributed by atoms with E-state index in [4.69, 9.17) is 19.9 Å². The first-order valence-electron chi connectivity index (χ1n) is 8.59. The lowest BCUT2D eigenvalue weighted by atomic mass is 10.2. The SMILES string of the molecule is COc1cc(OC)c(C(=O)Sc2ccccc2C(=O)NCCC(N)=O)cc1OC. The van der Waals surface area contributed by atoms with E-state index in [1.807, 2.05) is 0 Å². The number of nitrogens with one attached hydrogen (secondary N) is 1. The van der Waals surface area contributed by atoms with Gasteiger partial charge in [0.1, 0.15) is 5.75 Å². The fourth-order valence-electron chi connectivity index (χ4n) is 2.48. The molecule has 0 atom stereocenters. The van der Waals surface area contributed by atoms with Crippen LogP contribution in [0.3, 0.4) is 0 Å². The van der Waals surface area contributed by atoms with Gasteiger partial charge in [0.05, 0.1) is 32.5 Å². The largest absolute Gasteiger partial charge is 0.496 e. The van der Waals surface area contributed by atoms with Gasteiger partial charge in [0, 0.05) is 23.9 Å². The molecule has 9 heteroatoms. The number of benzene rings is 2. The van der Waals surface area contributed by atoms with Crippen LogP contribution in [0.4, 0.5) is 0 Å². The second-order valence-corrected chi connectivity index (χ2v) is 6.78. The van der Waals surface area contributed by atoms with Gasteiger partial charge in [0.2, 0.25) is 11.0 Å². The Morgan fingerprint density at radius 3 is 2.17 bits per heavy atom. The van der Waals surface area contributed by atoms with Gasteiger partial charge in [0.25, 0.3) is 5.91 Å². The van der Waals surface area contributed by atoms with Gasteiger partial charge in [-0.05, 0) is 30.0 Å². The van der Waals surface area contributed by atoms with Crippen molar-refractivity contribution in [2.75, 3.05) is 27.9 Å². The topological polar surface area (TPSA) is 117 Å². The summed E-state index contributed by atoms with van der Waals surface area (Å²) in [5, 5.41) is 2.28. The van der Waals surface area contributed by atoms with Gasteiger partial charge >= 0.3 is 0 Å². The minimum Gasteiger partial charge on any atom is -0.496 e. The summed E-state index contributed by atoms with van der Waals surface area (Å²) in [4.78, 5) is 36.7. The summed E-state index contributed by atoms with van der Waals surface area (Å²) in [7, 11) is 4.40. The van der Waals surface area contributed by atoms with E-state index in [-0.39, 0.29) is 23.6 Å². The molecule has 0 heterocycles. The number of carbonyl (C=O) groups excluding carboxylic acids is 3. The highest BCUT2D eigenvalue weighted by Crippen LogP contribution is 2.38. The molecule has 2 amide bonds. The summed E-state index contributed by atoms with van der Waals surface area (Å²) in [6.45, 7) is 0.116. The lowest BCUT2D eigenvalue weighted by Crippen LogP contribution is -2.28. The zero-order chi connectivity index (χ0) is 21.4. The van der Waals surface area contributed by atoms with E-state index in [1.54, 1.807) is 30.3 Å². The normalized spacial score (nSPS) is 10.2. The molecule has 0 radical (unpaired) electrons. The van der Waals surface area contributed by atoms with Crippen LogP contribution in [-0.2, 0) is 4.79 Å². The summed E-state index contributed by atoms with van der Waals surface area (Å²) in [6.07, 6.45) is 0.0306. The van der Waals surface area contributed by atoms with Crippen molar-refractivity contribution in [1.29, 1.82) is 0 Å². The van der Waals surface area contributed by atoms with Crippen LogP contribution in [0.15, 0.2) is 41.3 Å². The Labute approximate surface area is 172 Å². The molecule has 2 aromatic rings. The molecule has 0 saturated heterocycles. The van der Waals surface area contributed by atoms with Gasteiger partial charge in [0.15, 0.2) is 11.5 Å². The number of nitrogens with two attached hydrogens (primary N) is 1. The number of ether oxygens (including phenoxy) is 3. The van der Waals surface area contributed by atoms with E-state index < -0.39 is 11.8 Å². The van der Waals surface area contributed by atoms with Gasteiger partial charge in [-0.25, -0.2) is 0 Å². The molecule has 2 rings (SSSR count). The number of amides is 2. The van der Waals surface area contributed by atoms with Crippen LogP contribution in [0.25, 0.3) is 0 Å². The van der Waals surface area contributed by atoms with E-state index >= 15 is 0 Å². The molecule has 0 aliphatic rings. The molecule has 0 saturated carbocycles. The molecule has 0 unspecified atom stereocenters. The summed E-state index contributed by atoms with van der Waals surface area (Å²) in [5.74, 6) is 0.225. The first kappa shape index (κ1) is 22.1. The van der Waals surface area contributed by atoms with Crippen molar-refractivity contribution in [3.63, 3.8) is 0 Å². The predicted octanol–water partition coefficient (Wildman–Crippen LogP) is 2.25. The lowest BCUT2D eigenvalue weighted by Gasteiger charge is -2.14. The Kier molecular flexibility index (Phi) is 7.90. The Morgan fingerprint density at radius 1 is 0.931 bits per heavy atom. The highest BCUT2D eigenvalue weighted by molar-refractivity contribution is 8.14.